The van der Waals surface area contributed by atoms with E-state index in [9.17, 15) is 9.50 Å². The molecule has 0 aliphatic rings. The maximum absolute atomic E-state index is 13.5. The first-order valence-corrected chi connectivity index (χ1v) is 6.05. The molecule has 0 aliphatic heterocycles. The highest BCUT2D eigenvalue weighted by Gasteiger charge is 2.13. The van der Waals surface area contributed by atoms with Crippen LogP contribution in [-0.4, -0.2) is 15.1 Å². The number of nitrogens with one attached hydrogen (secondary N) is 1. The first-order valence-electron chi connectivity index (χ1n) is 5.23. The van der Waals surface area contributed by atoms with Gasteiger partial charge in [0, 0.05) is 17.3 Å². The molecule has 5 heteroatoms. The van der Waals surface area contributed by atoms with Gasteiger partial charge < -0.3 is 10.1 Å². The molecule has 1 atom stereocenters. The molecule has 1 heterocycles. The Bertz CT molecular complexity index is 511. The van der Waals surface area contributed by atoms with E-state index in [1.54, 1.807) is 32.3 Å². The van der Waals surface area contributed by atoms with Gasteiger partial charge in [0.1, 0.15) is 5.82 Å². The lowest BCUT2D eigenvalue weighted by molar-refractivity contribution is 0.196. The number of benzene rings is 1. The van der Waals surface area contributed by atoms with Crippen LogP contribution in [0.2, 0.25) is 0 Å². The Morgan fingerprint density at radius 2 is 2.24 bits per heavy atom. The average Bonchev–Trinajstić information content (AvgIpc) is 2.75. The maximum atomic E-state index is 13.5. The fourth-order valence-corrected chi connectivity index (χ4v) is 2.53. The number of imidazole rings is 1. The Morgan fingerprint density at radius 3 is 2.82 bits per heavy atom. The fourth-order valence-electron chi connectivity index (χ4n) is 1.50. The normalized spacial score (nSPS) is 12.7. The maximum Gasteiger partial charge on any atom is 0.170 e. The van der Waals surface area contributed by atoms with Crippen molar-refractivity contribution in [2.24, 2.45) is 0 Å². The summed E-state index contributed by atoms with van der Waals surface area (Å²) in [7, 11) is 0. The van der Waals surface area contributed by atoms with Gasteiger partial charge >= 0.3 is 0 Å². The molecule has 3 nitrogen and oxygen atoms in total. The zero-order valence-corrected chi connectivity index (χ0v) is 10.4. The Kier molecular flexibility index (Phi) is 3.49. The molecule has 17 heavy (non-hydrogen) atoms. The highest BCUT2D eigenvalue weighted by Crippen LogP contribution is 2.33. The van der Waals surface area contributed by atoms with Crippen molar-refractivity contribution in [2.45, 2.75) is 30.0 Å². The number of hydrogen-bond donors (Lipinski definition) is 2. The Hall–Kier alpha value is -1.33. The molecule has 1 aromatic carbocycles. The Labute approximate surface area is 103 Å². The number of aliphatic hydroxyl groups excluding tert-OH is 1. The lowest BCUT2D eigenvalue weighted by atomic mass is 10.1. The smallest absolute Gasteiger partial charge is 0.170 e. The minimum absolute atomic E-state index is 0.301. The van der Waals surface area contributed by atoms with E-state index < -0.39 is 6.10 Å². The molecule has 0 saturated heterocycles. The third-order valence-electron chi connectivity index (χ3n) is 2.42. The number of aryl methyl sites for hydroxylation is 1. The van der Waals surface area contributed by atoms with Crippen LogP contribution in [0, 0.1) is 12.7 Å². The summed E-state index contributed by atoms with van der Waals surface area (Å²) >= 11 is 1.38. The van der Waals surface area contributed by atoms with Crippen molar-refractivity contribution in [3.05, 3.63) is 41.5 Å². The SMILES string of the molecule is Cc1cc(Sc2ncc[nH]2)c(C(C)O)cc1F. The number of aliphatic hydroxyl groups is 1. The predicted molar refractivity (Wildman–Crippen MR) is 64.5 cm³/mol. The highest BCUT2D eigenvalue weighted by atomic mass is 32.2. The van der Waals surface area contributed by atoms with E-state index in [0.29, 0.717) is 11.1 Å². The van der Waals surface area contributed by atoms with Crippen molar-refractivity contribution in [3.63, 3.8) is 0 Å². The van der Waals surface area contributed by atoms with Crippen molar-refractivity contribution >= 4 is 11.8 Å². The van der Waals surface area contributed by atoms with Crippen LogP contribution in [-0.2, 0) is 0 Å². The molecule has 0 saturated carbocycles. The number of aromatic amines is 1. The monoisotopic (exact) mass is 252 g/mol. The van der Waals surface area contributed by atoms with Gasteiger partial charge in [0.25, 0.3) is 0 Å². The first kappa shape index (κ1) is 12.1. The third-order valence-corrected chi connectivity index (χ3v) is 3.41. The van der Waals surface area contributed by atoms with Crippen LogP contribution in [0.1, 0.15) is 24.2 Å². The number of nitrogens with zero attached hydrogens (tertiary/aromatic N) is 1. The largest absolute Gasteiger partial charge is 0.389 e. The van der Waals surface area contributed by atoms with Crippen LogP contribution in [0.4, 0.5) is 4.39 Å². The molecule has 1 aromatic heterocycles. The van der Waals surface area contributed by atoms with Crippen LogP contribution < -0.4 is 0 Å². The van der Waals surface area contributed by atoms with Gasteiger partial charge in [-0.25, -0.2) is 9.37 Å². The quantitative estimate of drug-likeness (QED) is 0.882. The van der Waals surface area contributed by atoms with E-state index in [1.165, 1.54) is 17.8 Å². The van der Waals surface area contributed by atoms with E-state index in [4.69, 9.17) is 0 Å². The molecule has 0 spiro atoms. The number of halogens is 1. The summed E-state index contributed by atoms with van der Waals surface area (Å²) in [5.74, 6) is -0.301. The molecule has 0 amide bonds. The molecule has 0 fully saturated rings. The molecule has 1 unspecified atom stereocenters. The summed E-state index contributed by atoms with van der Waals surface area (Å²) in [5.41, 5.74) is 1.14. The Balaban J connectivity index is 2.41. The number of H-pyrrole nitrogens is 1. The molecule has 2 N–H and O–H groups in total. The molecule has 2 rings (SSSR count). The Morgan fingerprint density at radius 1 is 1.47 bits per heavy atom. The van der Waals surface area contributed by atoms with Crippen LogP contribution in [0.3, 0.4) is 0 Å². The second-order valence-electron chi connectivity index (χ2n) is 3.81. The van der Waals surface area contributed by atoms with Gasteiger partial charge in [0.15, 0.2) is 5.16 Å². The summed E-state index contributed by atoms with van der Waals surface area (Å²) in [5, 5.41) is 10.4. The summed E-state index contributed by atoms with van der Waals surface area (Å²) in [6.07, 6.45) is 2.67. The van der Waals surface area contributed by atoms with E-state index in [-0.39, 0.29) is 5.82 Å². The minimum Gasteiger partial charge on any atom is -0.389 e. The molecule has 2 aromatic rings. The number of aromatic nitrogens is 2. The van der Waals surface area contributed by atoms with Crippen molar-refractivity contribution in [1.29, 1.82) is 0 Å². The van der Waals surface area contributed by atoms with E-state index in [2.05, 4.69) is 9.97 Å². The zero-order chi connectivity index (χ0) is 12.4. The molecular formula is C12H13FN2OS. The summed E-state index contributed by atoms with van der Waals surface area (Å²) in [6, 6.07) is 3.11. The summed E-state index contributed by atoms with van der Waals surface area (Å²) in [6.45, 7) is 3.32. The fraction of sp³-hybridized carbons (Fsp3) is 0.250. The summed E-state index contributed by atoms with van der Waals surface area (Å²) in [4.78, 5) is 7.87. The predicted octanol–water partition coefficient (Wildman–Crippen LogP) is 3.06. The molecule has 0 radical (unpaired) electrons. The highest BCUT2D eigenvalue weighted by molar-refractivity contribution is 7.99. The van der Waals surface area contributed by atoms with Gasteiger partial charge in [0.05, 0.1) is 6.10 Å². The topological polar surface area (TPSA) is 48.9 Å². The number of hydrogen-bond acceptors (Lipinski definition) is 3. The number of rotatable bonds is 3. The van der Waals surface area contributed by atoms with Gasteiger partial charge in [0.2, 0.25) is 0 Å². The van der Waals surface area contributed by atoms with Crippen LogP contribution >= 0.6 is 11.8 Å². The van der Waals surface area contributed by atoms with Crippen LogP contribution in [0.25, 0.3) is 0 Å². The summed E-state index contributed by atoms with van der Waals surface area (Å²) < 4.78 is 13.5. The average molecular weight is 252 g/mol. The zero-order valence-electron chi connectivity index (χ0n) is 9.57. The van der Waals surface area contributed by atoms with Gasteiger partial charge in [-0.1, -0.05) is 11.8 Å². The standard InChI is InChI=1S/C12H13FN2OS/c1-7-5-11(17-12-14-3-4-15-12)9(8(2)16)6-10(7)13/h3-6,8,16H,1-2H3,(H,14,15). The van der Waals surface area contributed by atoms with Crippen LogP contribution in [0.15, 0.2) is 34.6 Å². The molecule has 0 aliphatic carbocycles. The van der Waals surface area contributed by atoms with Crippen molar-refractivity contribution in [3.8, 4) is 0 Å². The van der Waals surface area contributed by atoms with Crippen LogP contribution in [0.5, 0.6) is 0 Å². The molecular weight excluding hydrogens is 239 g/mol. The van der Waals surface area contributed by atoms with E-state index >= 15 is 0 Å². The second-order valence-corrected chi connectivity index (χ2v) is 4.84. The van der Waals surface area contributed by atoms with Crippen molar-refractivity contribution in [2.75, 3.05) is 0 Å². The lowest BCUT2D eigenvalue weighted by Crippen LogP contribution is -1.97. The third kappa shape index (κ3) is 2.68. The van der Waals surface area contributed by atoms with Gasteiger partial charge in [-0.3, -0.25) is 0 Å². The lowest BCUT2D eigenvalue weighted by Gasteiger charge is -2.12. The van der Waals surface area contributed by atoms with E-state index in [1.807, 2.05) is 0 Å². The molecule has 0 bridgehead atoms. The van der Waals surface area contributed by atoms with Gasteiger partial charge in [-0.05, 0) is 37.1 Å². The van der Waals surface area contributed by atoms with Crippen molar-refractivity contribution < 1.29 is 9.50 Å². The first-order chi connectivity index (χ1) is 8.08. The van der Waals surface area contributed by atoms with Gasteiger partial charge in [-0.2, -0.15) is 0 Å². The van der Waals surface area contributed by atoms with E-state index in [0.717, 1.165) is 10.1 Å². The molecule has 90 valence electrons. The van der Waals surface area contributed by atoms with Crippen molar-refractivity contribution in [1.82, 2.24) is 9.97 Å². The second kappa shape index (κ2) is 4.89. The van der Waals surface area contributed by atoms with Gasteiger partial charge in [-0.15, -0.1) is 0 Å². The minimum atomic E-state index is -0.706.